The van der Waals surface area contributed by atoms with Crippen LogP contribution < -0.4 is 5.73 Å². The molecule has 0 aliphatic heterocycles. The summed E-state index contributed by atoms with van der Waals surface area (Å²) in [5.41, 5.74) is 5.91. The third-order valence-electron chi connectivity index (χ3n) is 2.00. The van der Waals surface area contributed by atoms with Gasteiger partial charge in [0.25, 0.3) is 0 Å². The molecule has 2 heteroatoms. The number of thiophene rings is 1. The van der Waals surface area contributed by atoms with Crippen molar-refractivity contribution in [2.75, 3.05) is 6.54 Å². The van der Waals surface area contributed by atoms with Crippen LogP contribution in [0, 0.1) is 12.3 Å². The van der Waals surface area contributed by atoms with Gasteiger partial charge in [0.2, 0.25) is 0 Å². The van der Waals surface area contributed by atoms with Crippen molar-refractivity contribution >= 4 is 11.3 Å². The number of rotatable bonds is 3. The van der Waals surface area contributed by atoms with Gasteiger partial charge in [0.05, 0.1) is 0 Å². The summed E-state index contributed by atoms with van der Waals surface area (Å²) in [7, 11) is 0. The van der Waals surface area contributed by atoms with Crippen LogP contribution in [0.15, 0.2) is 12.1 Å². The van der Waals surface area contributed by atoms with Gasteiger partial charge in [0, 0.05) is 9.75 Å². The molecule has 0 fully saturated rings. The molecule has 0 atom stereocenters. The lowest BCUT2D eigenvalue weighted by Crippen LogP contribution is -2.25. The Kier molecular flexibility index (Phi) is 2.91. The average Bonchev–Trinajstić information content (AvgIpc) is 2.35. The van der Waals surface area contributed by atoms with Crippen LogP contribution in [0.1, 0.15) is 23.6 Å². The predicted molar refractivity (Wildman–Crippen MR) is 55.6 cm³/mol. The van der Waals surface area contributed by atoms with E-state index in [1.807, 2.05) is 11.3 Å². The molecule has 1 aromatic heterocycles. The van der Waals surface area contributed by atoms with E-state index in [4.69, 9.17) is 5.73 Å². The fourth-order valence-electron chi connectivity index (χ4n) is 1.12. The van der Waals surface area contributed by atoms with Crippen molar-refractivity contribution in [3.8, 4) is 0 Å². The van der Waals surface area contributed by atoms with Crippen LogP contribution in [-0.4, -0.2) is 6.54 Å². The molecular weight excluding hydrogens is 166 g/mol. The SMILES string of the molecule is Cc1ccc(CC(C)(C)CN)s1. The summed E-state index contributed by atoms with van der Waals surface area (Å²) >= 11 is 1.87. The van der Waals surface area contributed by atoms with E-state index in [0.29, 0.717) is 0 Å². The van der Waals surface area contributed by atoms with E-state index in [-0.39, 0.29) is 5.41 Å². The highest BCUT2D eigenvalue weighted by atomic mass is 32.1. The molecule has 0 spiro atoms. The molecule has 0 amide bonds. The second-order valence-electron chi connectivity index (χ2n) is 4.06. The minimum absolute atomic E-state index is 0.247. The maximum atomic E-state index is 5.67. The molecule has 0 aliphatic carbocycles. The zero-order valence-corrected chi connectivity index (χ0v) is 8.87. The summed E-state index contributed by atoms with van der Waals surface area (Å²) in [5.74, 6) is 0. The number of hydrogen-bond acceptors (Lipinski definition) is 2. The van der Waals surface area contributed by atoms with Crippen LogP contribution in [0.4, 0.5) is 0 Å². The van der Waals surface area contributed by atoms with Crippen molar-refractivity contribution in [3.05, 3.63) is 21.9 Å². The number of hydrogen-bond donors (Lipinski definition) is 1. The van der Waals surface area contributed by atoms with E-state index in [1.54, 1.807) is 0 Å². The topological polar surface area (TPSA) is 26.0 Å². The maximum Gasteiger partial charge on any atom is 0.00538 e. The molecule has 0 aromatic carbocycles. The van der Waals surface area contributed by atoms with Gasteiger partial charge in [-0.1, -0.05) is 13.8 Å². The highest BCUT2D eigenvalue weighted by molar-refractivity contribution is 7.11. The summed E-state index contributed by atoms with van der Waals surface area (Å²) in [4.78, 5) is 2.83. The zero-order chi connectivity index (χ0) is 9.19. The Morgan fingerprint density at radius 1 is 1.42 bits per heavy atom. The van der Waals surface area contributed by atoms with Gasteiger partial charge in [0.15, 0.2) is 0 Å². The molecule has 0 saturated heterocycles. The van der Waals surface area contributed by atoms with Gasteiger partial charge in [-0.15, -0.1) is 11.3 Å². The molecule has 68 valence electrons. The van der Waals surface area contributed by atoms with Gasteiger partial charge >= 0.3 is 0 Å². The first-order valence-electron chi connectivity index (χ1n) is 4.29. The van der Waals surface area contributed by atoms with Gasteiger partial charge in [-0.05, 0) is 37.4 Å². The molecule has 0 bridgehead atoms. The smallest absolute Gasteiger partial charge is 0.00538 e. The minimum Gasteiger partial charge on any atom is -0.330 e. The third-order valence-corrected chi connectivity index (χ3v) is 3.00. The Hall–Kier alpha value is -0.340. The van der Waals surface area contributed by atoms with Gasteiger partial charge in [-0.25, -0.2) is 0 Å². The highest BCUT2D eigenvalue weighted by Crippen LogP contribution is 2.25. The van der Waals surface area contributed by atoms with E-state index >= 15 is 0 Å². The molecule has 12 heavy (non-hydrogen) atoms. The van der Waals surface area contributed by atoms with E-state index in [2.05, 4.69) is 32.9 Å². The van der Waals surface area contributed by atoms with Crippen molar-refractivity contribution in [2.24, 2.45) is 11.1 Å². The molecule has 0 saturated carbocycles. The number of nitrogens with two attached hydrogens (primary N) is 1. The molecule has 1 heterocycles. The molecule has 1 aromatic rings. The Labute approximate surface area is 78.6 Å². The quantitative estimate of drug-likeness (QED) is 0.766. The summed E-state index contributed by atoms with van der Waals surface area (Å²) in [6, 6.07) is 4.38. The van der Waals surface area contributed by atoms with Gasteiger partial charge in [0.1, 0.15) is 0 Å². The van der Waals surface area contributed by atoms with Crippen molar-refractivity contribution in [3.63, 3.8) is 0 Å². The van der Waals surface area contributed by atoms with Crippen LogP contribution >= 0.6 is 11.3 Å². The molecule has 0 aliphatic rings. The zero-order valence-electron chi connectivity index (χ0n) is 8.05. The lowest BCUT2D eigenvalue weighted by Gasteiger charge is -2.20. The molecule has 0 unspecified atom stereocenters. The van der Waals surface area contributed by atoms with Gasteiger partial charge < -0.3 is 5.73 Å². The summed E-state index contributed by atoms with van der Waals surface area (Å²) in [6.07, 6.45) is 1.10. The highest BCUT2D eigenvalue weighted by Gasteiger charge is 2.16. The van der Waals surface area contributed by atoms with E-state index in [1.165, 1.54) is 9.75 Å². The van der Waals surface area contributed by atoms with Gasteiger partial charge in [-0.3, -0.25) is 0 Å². The standard InChI is InChI=1S/C10H17NS/c1-8-4-5-9(12-8)6-10(2,3)7-11/h4-5H,6-7,11H2,1-3H3. The maximum absolute atomic E-state index is 5.67. The van der Waals surface area contributed by atoms with E-state index in [0.717, 1.165) is 13.0 Å². The van der Waals surface area contributed by atoms with E-state index in [9.17, 15) is 0 Å². The van der Waals surface area contributed by atoms with Crippen molar-refractivity contribution in [2.45, 2.75) is 27.2 Å². The van der Waals surface area contributed by atoms with Crippen molar-refractivity contribution < 1.29 is 0 Å². The number of aryl methyl sites for hydroxylation is 1. The van der Waals surface area contributed by atoms with Crippen LogP contribution in [-0.2, 0) is 6.42 Å². The van der Waals surface area contributed by atoms with Crippen LogP contribution in [0.5, 0.6) is 0 Å². The Bertz CT molecular complexity index is 250. The van der Waals surface area contributed by atoms with Crippen molar-refractivity contribution in [1.82, 2.24) is 0 Å². The molecular formula is C10H17NS. The first kappa shape index (κ1) is 9.75. The fourth-order valence-corrected chi connectivity index (χ4v) is 2.27. The first-order valence-corrected chi connectivity index (χ1v) is 5.10. The van der Waals surface area contributed by atoms with Crippen LogP contribution in [0.3, 0.4) is 0 Å². The lowest BCUT2D eigenvalue weighted by molar-refractivity contribution is 0.379. The normalized spacial score (nSPS) is 12.0. The molecule has 0 radical (unpaired) electrons. The minimum atomic E-state index is 0.247. The fraction of sp³-hybridized carbons (Fsp3) is 0.600. The molecule has 1 rings (SSSR count). The molecule has 1 nitrogen and oxygen atoms in total. The Morgan fingerprint density at radius 3 is 2.50 bits per heavy atom. The van der Waals surface area contributed by atoms with E-state index < -0.39 is 0 Å². The van der Waals surface area contributed by atoms with Crippen LogP contribution in [0.2, 0.25) is 0 Å². The monoisotopic (exact) mass is 183 g/mol. The summed E-state index contributed by atoms with van der Waals surface area (Å²) in [6.45, 7) is 7.32. The largest absolute Gasteiger partial charge is 0.330 e. The third kappa shape index (κ3) is 2.61. The van der Waals surface area contributed by atoms with Crippen molar-refractivity contribution in [1.29, 1.82) is 0 Å². The Balaban J connectivity index is 2.63. The predicted octanol–water partition coefficient (Wildman–Crippen LogP) is 2.58. The summed E-state index contributed by atoms with van der Waals surface area (Å²) < 4.78 is 0. The molecule has 2 N–H and O–H groups in total. The first-order chi connectivity index (χ1) is 5.53. The Morgan fingerprint density at radius 2 is 2.08 bits per heavy atom. The average molecular weight is 183 g/mol. The summed E-state index contributed by atoms with van der Waals surface area (Å²) in [5, 5.41) is 0. The second kappa shape index (κ2) is 3.58. The van der Waals surface area contributed by atoms with Gasteiger partial charge in [-0.2, -0.15) is 0 Å². The lowest BCUT2D eigenvalue weighted by atomic mass is 9.89. The second-order valence-corrected chi connectivity index (χ2v) is 5.43. The van der Waals surface area contributed by atoms with Crippen LogP contribution in [0.25, 0.3) is 0 Å².